The molecule has 0 aromatic rings. The normalized spacial score (nSPS) is 17.3. The highest BCUT2D eigenvalue weighted by Crippen LogP contribution is 2.19. The van der Waals surface area contributed by atoms with Crippen LogP contribution in [0.3, 0.4) is 0 Å². The number of carboxylic acid groups (broad SMARTS) is 2. The molecule has 0 unspecified atom stereocenters. The van der Waals surface area contributed by atoms with Crippen molar-refractivity contribution in [1.82, 2.24) is 42.1 Å². The summed E-state index contributed by atoms with van der Waals surface area (Å²) in [6.45, 7) is 1.98. The number of hydrogen-bond donors (Lipinski definition) is 14. The number of amides is 10. The average Bonchev–Trinajstić information content (AvgIpc) is 3.68. The lowest BCUT2D eigenvalue weighted by Crippen LogP contribution is -2.60. The van der Waals surface area contributed by atoms with E-state index in [2.05, 4.69) is 37.2 Å². The number of nitrogens with zero attached hydrogens (tertiary/aromatic N) is 1. The molecule has 1 aliphatic heterocycles. The first-order valence-corrected chi connectivity index (χ1v) is 18.8. The lowest BCUT2D eigenvalue weighted by Gasteiger charge is -2.29. The van der Waals surface area contributed by atoms with Crippen molar-refractivity contribution in [1.29, 1.82) is 0 Å². The van der Waals surface area contributed by atoms with E-state index in [9.17, 15) is 72.9 Å². The van der Waals surface area contributed by atoms with Crippen LogP contribution in [0.2, 0.25) is 0 Å². The van der Waals surface area contributed by atoms with Gasteiger partial charge in [-0.3, -0.25) is 57.5 Å². The van der Waals surface area contributed by atoms with Crippen LogP contribution in [0, 0.1) is 0 Å². The van der Waals surface area contributed by atoms with Crippen molar-refractivity contribution >= 4 is 71.0 Å². The average molecular weight is 874 g/mol. The topological polar surface area (TPSA) is 451 Å². The zero-order valence-electron chi connectivity index (χ0n) is 33.6. The Balaban J connectivity index is 3.18. The molecular weight excluding hydrogens is 818 g/mol. The molecule has 1 aliphatic rings. The van der Waals surface area contributed by atoms with E-state index < -0.39 is 171 Å². The SMILES string of the molecule is C[C@H](NC(=O)[C@@H]1CCCN1C(=O)[C@H](CO)NC(=O)[C@H](C)NC(=O)[C@H](CCC(=O)O)NC(=O)[C@H](CC(=O)O)NC(=O)[C@H](CCC(N)=O)NC(=O)[C@H](C)NC(=O)[C@@H](N)CO)C(N)=O. The van der Waals surface area contributed by atoms with E-state index in [1.165, 1.54) is 13.8 Å². The largest absolute Gasteiger partial charge is 0.481 e. The first kappa shape index (κ1) is 52.5. The molecule has 0 spiro atoms. The third-order valence-electron chi connectivity index (χ3n) is 9.06. The first-order chi connectivity index (χ1) is 28.4. The van der Waals surface area contributed by atoms with Crippen LogP contribution in [0.5, 0.6) is 0 Å². The molecule has 0 aromatic heterocycles. The van der Waals surface area contributed by atoms with Crippen LogP contribution in [-0.4, -0.2) is 170 Å². The molecule has 0 aromatic carbocycles. The zero-order valence-corrected chi connectivity index (χ0v) is 33.6. The van der Waals surface area contributed by atoms with Gasteiger partial charge in [-0.05, 0) is 46.5 Å². The van der Waals surface area contributed by atoms with Crippen LogP contribution in [0.15, 0.2) is 0 Å². The molecule has 1 fully saturated rings. The standard InChI is InChI=1S/C34H55N11O16/c1-14(26(37)53)38-33(60)22-5-4-10-45(22)34(61)21(13-47)44-28(55)16(3)40-30(57)19(7-9-24(49)50)42-32(59)20(11-25(51)52)43-31(58)18(6-8-23(36)48)41-27(54)15(2)39-29(56)17(35)12-46/h14-22,46-47H,4-13,35H2,1-3H3,(H2,36,48)(H2,37,53)(H,38,60)(H,39,56)(H,40,57)(H,41,54)(H,42,59)(H,43,58)(H,44,55)(H,49,50)(H,51,52)/t14-,15-,16-,17-,18-,19-,20-,21-,22-/m0/s1. The Morgan fingerprint density at radius 3 is 1.56 bits per heavy atom. The summed E-state index contributed by atoms with van der Waals surface area (Å²) in [6.07, 6.45) is -2.96. The summed E-state index contributed by atoms with van der Waals surface area (Å²) in [5, 5.41) is 53.2. The summed E-state index contributed by atoms with van der Waals surface area (Å²) in [5.74, 6) is -13.2. The van der Waals surface area contributed by atoms with Crippen molar-refractivity contribution in [2.24, 2.45) is 17.2 Å². The van der Waals surface area contributed by atoms with E-state index in [1.807, 2.05) is 0 Å². The van der Waals surface area contributed by atoms with E-state index in [-0.39, 0.29) is 13.0 Å². The van der Waals surface area contributed by atoms with Gasteiger partial charge in [-0.25, -0.2) is 0 Å². The van der Waals surface area contributed by atoms with Crippen LogP contribution in [-0.2, 0) is 57.5 Å². The van der Waals surface area contributed by atoms with Gasteiger partial charge in [0.05, 0.1) is 19.6 Å². The lowest BCUT2D eigenvalue weighted by molar-refractivity contribution is -0.143. The highest BCUT2D eigenvalue weighted by molar-refractivity contribution is 5.99. The fraction of sp³-hybridized carbons (Fsp3) is 0.647. The molecule has 1 heterocycles. The van der Waals surface area contributed by atoms with Gasteiger partial charge < -0.3 is 79.7 Å². The van der Waals surface area contributed by atoms with Crippen LogP contribution in [0.1, 0.15) is 65.7 Å². The van der Waals surface area contributed by atoms with Crippen molar-refractivity contribution in [2.45, 2.75) is 120 Å². The Kier molecular flexibility index (Phi) is 21.7. The van der Waals surface area contributed by atoms with Crippen molar-refractivity contribution in [3.63, 3.8) is 0 Å². The van der Waals surface area contributed by atoms with E-state index in [4.69, 9.17) is 22.3 Å². The maximum Gasteiger partial charge on any atom is 0.305 e. The predicted molar refractivity (Wildman–Crippen MR) is 204 cm³/mol. The molecule has 9 atom stereocenters. The van der Waals surface area contributed by atoms with Crippen LogP contribution >= 0.6 is 0 Å². The summed E-state index contributed by atoms with van der Waals surface area (Å²) < 4.78 is 0. The van der Waals surface area contributed by atoms with Gasteiger partial charge in [0.2, 0.25) is 59.1 Å². The number of rotatable bonds is 26. The van der Waals surface area contributed by atoms with E-state index in [0.29, 0.717) is 6.42 Å². The maximum absolute atomic E-state index is 13.4. The van der Waals surface area contributed by atoms with Gasteiger partial charge in [0.15, 0.2) is 0 Å². The molecule has 0 bridgehead atoms. The number of primary amides is 2. The molecule has 1 rings (SSSR count). The minimum atomic E-state index is -2.01. The molecule has 342 valence electrons. The summed E-state index contributed by atoms with van der Waals surface area (Å²) in [4.78, 5) is 151. The number of aliphatic hydroxyl groups excluding tert-OH is 2. The molecule has 0 aliphatic carbocycles. The molecule has 10 amide bonds. The van der Waals surface area contributed by atoms with Gasteiger partial charge in [-0.1, -0.05) is 0 Å². The number of nitrogens with one attached hydrogen (secondary N) is 7. The molecule has 61 heavy (non-hydrogen) atoms. The monoisotopic (exact) mass is 873 g/mol. The van der Waals surface area contributed by atoms with Gasteiger partial charge in [-0.2, -0.15) is 0 Å². The van der Waals surface area contributed by atoms with Crippen molar-refractivity contribution < 1.29 is 78.0 Å². The Morgan fingerprint density at radius 1 is 0.590 bits per heavy atom. The first-order valence-electron chi connectivity index (χ1n) is 18.8. The summed E-state index contributed by atoms with van der Waals surface area (Å²) in [5.41, 5.74) is 15.8. The van der Waals surface area contributed by atoms with E-state index in [0.717, 1.165) is 11.8 Å². The number of hydrogen-bond acceptors (Lipinski definition) is 15. The molecule has 27 nitrogen and oxygen atoms in total. The van der Waals surface area contributed by atoms with Gasteiger partial charge in [0.1, 0.15) is 54.4 Å². The fourth-order valence-corrected chi connectivity index (χ4v) is 5.53. The number of carboxylic acids is 2. The molecule has 0 radical (unpaired) electrons. The quantitative estimate of drug-likeness (QED) is 0.0384. The smallest absolute Gasteiger partial charge is 0.305 e. The van der Waals surface area contributed by atoms with Crippen LogP contribution < -0.4 is 54.4 Å². The predicted octanol–water partition coefficient (Wildman–Crippen LogP) is -8.17. The number of carbonyl (C=O) groups is 12. The molecule has 0 saturated carbocycles. The minimum absolute atomic E-state index is 0.0536. The highest BCUT2D eigenvalue weighted by atomic mass is 16.4. The second-order valence-corrected chi connectivity index (χ2v) is 14.0. The van der Waals surface area contributed by atoms with E-state index >= 15 is 0 Å². The molecule has 17 N–H and O–H groups in total. The lowest BCUT2D eigenvalue weighted by atomic mass is 10.1. The van der Waals surface area contributed by atoms with Crippen molar-refractivity contribution in [3.8, 4) is 0 Å². The second-order valence-electron chi connectivity index (χ2n) is 14.0. The van der Waals surface area contributed by atoms with Crippen molar-refractivity contribution in [2.75, 3.05) is 19.8 Å². The highest BCUT2D eigenvalue weighted by Gasteiger charge is 2.39. The fourth-order valence-electron chi connectivity index (χ4n) is 5.53. The summed E-state index contributed by atoms with van der Waals surface area (Å²) in [7, 11) is 0. The third kappa shape index (κ3) is 17.7. The van der Waals surface area contributed by atoms with Crippen LogP contribution in [0.25, 0.3) is 0 Å². The van der Waals surface area contributed by atoms with Gasteiger partial charge in [0.25, 0.3) is 0 Å². The van der Waals surface area contributed by atoms with Crippen LogP contribution in [0.4, 0.5) is 0 Å². The zero-order chi connectivity index (χ0) is 46.7. The number of aliphatic hydroxyl groups is 2. The van der Waals surface area contributed by atoms with Gasteiger partial charge in [0, 0.05) is 19.4 Å². The van der Waals surface area contributed by atoms with Crippen molar-refractivity contribution in [3.05, 3.63) is 0 Å². The Labute approximate surface area is 348 Å². The summed E-state index contributed by atoms with van der Waals surface area (Å²) in [6, 6.07) is -13.5. The number of aliphatic carboxylic acids is 2. The second kappa shape index (κ2) is 25.2. The van der Waals surface area contributed by atoms with Gasteiger partial charge >= 0.3 is 11.9 Å². The Bertz CT molecular complexity index is 1680. The number of likely N-dealkylation sites (tertiary alicyclic amines) is 1. The maximum atomic E-state index is 13.4. The third-order valence-corrected chi connectivity index (χ3v) is 9.06. The summed E-state index contributed by atoms with van der Waals surface area (Å²) >= 11 is 0. The molecule has 1 saturated heterocycles. The molecular formula is C34H55N11O16. The Hall–Kier alpha value is -6.48. The number of nitrogens with two attached hydrogens (primary N) is 3. The Morgan fingerprint density at radius 2 is 1.07 bits per heavy atom. The minimum Gasteiger partial charge on any atom is -0.481 e. The van der Waals surface area contributed by atoms with Gasteiger partial charge in [-0.15, -0.1) is 0 Å². The number of carbonyl (C=O) groups excluding carboxylic acids is 10. The molecule has 27 heteroatoms. The van der Waals surface area contributed by atoms with E-state index in [1.54, 1.807) is 0 Å².